The molecule has 2 rings (SSSR count). The molecule has 0 aliphatic carbocycles. The van der Waals surface area contributed by atoms with E-state index in [4.69, 9.17) is 23.2 Å². The van der Waals surface area contributed by atoms with Crippen LogP contribution in [0, 0.1) is 6.92 Å². The first-order chi connectivity index (χ1) is 8.80. The van der Waals surface area contributed by atoms with Gasteiger partial charge in [-0.15, -0.1) is 0 Å². The second kappa shape index (κ2) is 5.06. The summed E-state index contributed by atoms with van der Waals surface area (Å²) in [6.45, 7) is 1.63. The predicted molar refractivity (Wildman–Crippen MR) is 71.6 cm³/mol. The number of alkyl halides is 3. The average Bonchev–Trinajstić information content (AvgIpc) is 2.31. The van der Waals surface area contributed by atoms with E-state index in [1.54, 1.807) is 13.0 Å². The lowest BCUT2D eigenvalue weighted by Crippen LogP contribution is -2.08. The molecule has 0 fully saturated rings. The minimum Gasteiger partial charge on any atom is -0.166 e. The maximum Gasteiger partial charge on any atom is 0.417 e. The van der Waals surface area contributed by atoms with Crippen LogP contribution in [0.1, 0.15) is 11.1 Å². The molecular weight excluding hydrogens is 296 g/mol. The molecule has 0 aromatic heterocycles. The van der Waals surface area contributed by atoms with Crippen molar-refractivity contribution in [1.82, 2.24) is 0 Å². The molecule has 5 heteroatoms. The van der Waals surface area contributed by atoms with Crippen molar-refractivity contribution in [3.63, 3.8) is 0 Å². The van der Waals surface area contributed by atoms with Gasteiger partial charge in [0.1, 0.15) is 0 Å². The van der Waals surface area contributed by atoms with Crippen LogP contribution in [0.15, 0.2) is 36.4 Å². The van der Waals surface area contributed by atoms with E-state index in [-0.39, 0.29) is 10.6 Å². The second-order valence-electron chi connectivity index (χ2n) is 4.12. The summed E-state index contributed by atoms with van der Waals surface area (Å²) in [5, 5.41) is 0.545. The van der Waals surface area contributed by atoms with E-state index >= 15 is 0 Å². The summed E-state index contributed by atoms with van der Waals surface area (Å²) in [6, 6.07) is 8.55. The van der Waals surface area contributed by atoms with Crippen LogP contribution in [-0.2, 0) is 6.18 Å². The highest BCUT2D eigenvalue weighted by atomic mass is 35.5. The summed E-state index contributed by atoms with van der Waals surface area (Å²) in [6.07, 6.45) is -4.41. The first-order valence-electron chi connectivity index (χ1n) is 5.43. The van der Waals surface area contributed by atoms with Gasteiger partial charge in [0.05, 0.1) is 15.6 Å². The van der Waals surface area contributed by atoms with Crippen LogP contribution < -0.4 is 0 Å². The molecule has 0 bridgehead atoms. The molecule has 0 unspecified atom stereocenters. The van der Waals surface area contributed by atoms with Crippen molar-refractivity contribution in [2.45, 2.75) is 13.1 Å². The van der Waals surface area contributed by atoms with Crippen LogP contribution in [0.2, 0.25) is 10.0 Å². The fourth-order valence-electron chi connectivity index (χ4n) is 1.94. The van der Waals surface area contributed by atoms with E-state index in [9.17, 15) is 13.2 Å². The van der Waals surface area contributed by atoms with Crippen molar-refractivity contribution in [3.05, 3.63) is 57.6 Å². The summed E-state index contributed by atoms with van der Waals surface area (Å²) in [5.41, 5.74) is 0.396. The molecule has 0 spiro atoms. The minimum atomic E-state index is -4.41. The van der Waals surface area contributed by atoms with Crippen LogP contribution >= 0.6 is 23.2 Å². The molecule has 0 atom stereocenters. The van der Waals surface area contributed by atoms with Gasteiger partial charge in [-0.1, -0.05) is 41.4 Å². The van der Waals surface area contributed by atoms with E-state index in [2.05, 4.69) is 0 Å². The molecule has 2 aromatic carbocycles. The van der Waals surface area contributed by atoms with Gasteiger partial charge in [0.2, 0.25) is 0 Å². The lowest BCUT2D eigenvalue weighted by atomic mass is 9.95. The van der Waals surface area contributed by atoms with Crippen molar-refractivity contribution in [3.8, 4) is 11.1 Å². The fourth-order valence-corrected chi connectivity index (χ4v) is 2.24. The quantitative estimate of drug-likeness (QED) is 0.607. The fraction of sp³-hybridized carbons (Fsp3) is 0.143. The normalized spacial score (nSPS) is 11.7. The Kier molecular flexibility index (Phi) is 3.79. The smallest absolute Gasteiger partial charge is 0.166 e. The summed E-state index contributed by atoms with van der Waals surface area (Å²) >= 11 is 11.7. The molecule has 0 radical (unpaired) electrons. The molecule has 0 saturated heterocycles. The molecule has 19 heavy (non-hydrogen) atoms. The Morgan fingerprint density at radius 3 is 2.21 bits per heavy atom. The highest BCUT2D eigenvalue weighted by Gasteiger charge is 2.34. The Hall–Kier alpha value is -1.19. The number of halogens is 5. The Morgan fingerprint density at radius 2 is 1.63 bits per heavy atom. The maximum absolute atomic E-state index is 13.0. The van der Waals surface area contributed by atoms with Crippen molar-refractivity contribution in [1.29, 1.82) is 0 Å². The van der Waals surface area contributed by atoms with Crippen LogP contribution in [0.4, 0.5) is 13.2 Å². The maximum atomic E-state index is 13.0. The van der Waals surface area contributed by atoms with Gasteiger partial charge < -0.3 is 0 Å². The molecule has 0 aliphatic rings. The van der Waals surface area contributed by atoms with Gasteiger partial charge in [0.25, 0.3) is 0 Å². The van der Waals surface area contributed by atoms with Gasteiger partial charge in [-0.25, -0.2) is 0 Å². The van der Waals surface area contributed by atoms with Gasteiger partial charge in [-0.2, -0.15) is 13.2 Å². The summed E-state index contributed by atoms with van der Waals surface area (Å²) < 4.78 is 39.1. The highest BCUT2D eigenvalue weighted by Crippen LogP contribution is 2.40. The molecular formula is C14H9Cl2F3. The predicted octanol–water partition coefficient (Wildman–Crippen LogP) is 5.99. The minimum absolute atomic E-state index is 0.133. The number of hydrogen-bond donors (Lipinski definition) is 0. The number of aryl methyl sites for hydroxylation is 1. The Balaban J connectivity index is 2.70. The van der Waals surface area contributed by atoms with Crippen LogP contribution in [-0.4, -0.2) is 0 Å². The van der Waals surface area contributed by atoms with Gasteiger partial charge in [-0.3, -0.25) is 0 Å². The lowest BCUT2D eigenvalue weighted by Gasteiger charge is -2.15. The zero-order chi connectivity index (χ0) is 14.2. The van der Waals surface area contributed by atoms with Crippen LogP contribution in [0.25, 0.3) is 11.1 Å². The van der Waals surface area contributed by atoms with E-state index in [0.29, 0.717) is 16.1 Å². The lowest BCUT2D eigenvalue weighted by molar-refractivity contribution is -0.137. The zero-order valence-corrected chi connectivity index (χ0v) is 11.4. The van der Waals surface area contributed by atoms with E-state index in [1.807, 2.05) is 0 Å². The zero-order valence-electron chi connectivity index (χ0n) is 9.85. The van der Waals surface area contributed by atoms with Crippen molar-refractivity contribution < 1.29 is 13.2 Å². The third-order valence-electron chi connectivity index (χ3n) is 2.79. The molecule has 0 nitrogen and oxygen atoms in total. The topological polar surface area (TPSA) is 0 Å². The summed E-state index contributed by atoms with van der Waals surface area (Å²) in [5.74, 6) is 0. The molecule has 0 amide bonds. The van der Waals surface area contributed by atoms with Crippen LogP contribution in [0.5, 0.6) is 0 Å². The number of hydrogen-bond acceptors (Lipinski definition) is 0. The monoisotopic (exact) mass is 304 g/mol. The third kappa shape index (κ3) is 2.88. The third-order valence-corrected chi connectivity index (χ3v) is 3.53. The van der Waals surface area contributed by atoms with Gasteiger partial charge in [0, 0.05) is 0 Å². The molecule has 100 valence electrons. The molecule has 2 aromatic rings. The number of benzene rings is 2. The van der Waals surface area contributed by atoms with Gasteiger partial charge >= 0.3 is 6.18 Å². The standard InChI is InChI=1S/C14H9Cl2F3/c1-8-3-2-4-10(14(17,18)19)13(8)9-5-6-11(15)12(16)7-9/h2-7H,1H3. The van der Waals surface area contributed by atoms with E-state index in [0.717, 1.165) is 6.07 Å². The summed E-state index contributed by atoms with van der Waals surface area (Å²) in [7, 11) is 0. The molecule has 0 saturated carbocycles. The molecule has 0 aliphatic heterocycles. The Morgan fingerprint density at radius 1 is 0.947 bits per heavy atom. The SMILES string of the molecule is Cc1cccc(C(F)(F)F)c1-c1ccc(Cl)c(Cl)c1. The van der Waals surface area contributed by atoms with E-state index in [1.165, 1.54) is 24.3 Å². The van der Waals surface area contributed by atoms with Crippen molar-refractivity contribution in [2.75, 3.05) is 0 Å². The van der Waals surface area contributed by atoms with Gasteiger partial charge in [-0.05, 0) is 41.8 Å². The average molecular weight is 305 g/mol. The van der Waals surface area contributed by atoms with Crippen LogP contribution in [0.3, 0.4) is 0 Å². The van der Waals surface area contributed by atoms with Gasteiger partial charge in [0.15, 0.2) is 0 Å². The molecule has 0 heterocycles. The van der Waals surface area contributed by atoms with Crippen molar-refractivity contribution >= 4 is 23.2 Å². The summed E-state index contributed by atoms with van der Waals surface area (Å²) in [4.78, 5) is 0. The number of rotatable bonds is 1. The first-order valence-corrected chi connectivity index (χ1v) is 6.18. The second-order valence-corrected chi connectivity index (χ2v) is 4.94. The largest absolute Gasteiger partial charge is 0.417 e. The Labute approximate surface area is 118 Å². The van der Waals surface area contributed by atoms with E-state index < -0.39 is 11.7 Å². The first kappa shape index (κ1) is 14.2. The Bertz CT molecular complexity index is 619. The molecule has 0 N–H and O–H groups in total. The highest BCUT2D eigenvalue weighted by molar-refractivity contribution is 6.42. The van der Waals surface area contributed by atoms with Crippen molar-refractivity contribution in [2.24, 2.45) is 0 Å².